The number of aryl methyl sites for hydroxylation is 1. The first-order valence-corrected chi connectivity index (χ1v) is 4.35. The Morgan fingerprint density at radius 2 is 2.31 bits per heavy atom. The van der Waals surface area contributed by atoms with Gasteiger partial charge in [0, 0.05) is 18.4 Å². The monoisotopic (exact) mass is 181 g/mol. The van der Waals surface area contributed by atoms with Crippen LogP contribution in [0.25, 0.3) is 0 Å². The highest BCUT2D eigenvalue weighted by molar-refractivity contribution is 5.38. The summed E-state index contributed by atoms with van der Waals surface area (Å²) in [6.07, 6.45) is 1.68. The number of nitrogens with two attached hydrogens (primary N) is 1. The molecule has 0 aliphatic carbocycles. The molecule has 1 rings (SSSR count). The third-order valence-electron chi connectivity index (χ3n) is 1.82. The topological polar surface area (TPSA) is 61.0 Å². The molecule has 0 aromatic carbocycles. The van der Waals surface area contributed by atoms with Crippen LogP contribution in [0.1, 0.15) is 31.3 Å². The van der Waals surface area contributed by atoms with Crippen LogP contribution in [0.3, 0.4) is 0 Å². The van der Waals surface area contributed by atoms with E-state index in [9.17, 15) is 0 Å². The zero-order valence-electron chi connectivity index (χ0n) is 8.24. The molecule has 72 valence electrons. The molecule has 0 aliphatic rings. The maximum absolute atomic E-state index is 5.72. The molecule has 0 amide bonds. The van der Waals surface area contributed by atoms with Crippen LogP contribution in [-0.4, -0.2) is 16.6 Å². The highest BCUT2D eigenvalue weighted by Crippen LogP contribution is 2.20. The van der Waals surface area contributed by atoms with Gasteiger partial charge >= 0.3 is 0 Å². The van der Waals surface area contributed by atoms with Crippen LogP contribution in [0.15, 0.2) is 6.20 Å². The number of hydrogen-bond acceptors (Lipinski definition) is 4. The number of ether oxygens (including phenoxy) is 1. The molecule has 1 aromatic heterocycles. The molecule has 0 radical (unpaired) electrons. The summed E-state index contributed by atoms with van der Waals surface area (Å²) in [4.78, 5) is 8.14. The SMILES string of the molecule is CCOC(C)c1cnc(C)nc1N. The fourth-order valence-corrected chi connectivity index (χ4v) is 1.15. The maximum atomic E-state index is 5.72. The summed E-state index contributed by atoms with van der Waals surface area (Å²) in [5, 5.41) is 0. The summed E-state index contributed by atoms with van der Waals surface area (Å²) in [6.45, 7) is 6.36. The van der Waals surface area contributed by atoms with Gasteiger partial charge in [0.25, 0.3) is 0 Å². The van der Waals surface area contributed by atoms with Crippen LogP contribution in [0.2, 0.25) is 0 Å². The summed E-state index contributed by atoms with van der Waals surface area (Å²) in [6, 6.07) is 0. The van der Waals surface area contributed by atoms with Crippen LogP contribution in [0.5, 0.6) is 0 Å². The Morgan fingerprint density at radius 1 is 1.62 bits per heavy atom. The minimum Gasteiger partial charge on any atom is -0.383 e. The highest BCUT2D eigenvalue weighted by Gasteiger charge is 2.10. The van der Waals surface area contributed by atoms with E-state index in [-0.39, 0.29) is 6.10 Å². The second-order valence-corrected chi connectivity index (χ2v) is 2.86. The van der Waals surface area contributed by atoms with Gasteiger partial charge in [0.2, 0.25) is 0 Å². The van der Waals surface area contributed by atoms with E-state index < -0.39 is 0 Å². The maximum Gasteiger partial charge on any atom is 0.132 e. The number of hydrogen-bond donors (Lipinski definition) is 1. The van der Waals surface area contributed by atoms with Crippen LogP contribution in [0, 0.1) is 6.92 Å². The third-order valence-corrected chi connectivity index (χ3v) is 1.82. The lowest BCUT2D eigenvalue weighted by Gasteiger charge is -2.12. The predicted octanol–water partition coefficient (Wildman–Crippen LogP) is 1.46. The molecular formula is C9H15N3O. The molecule has 1 atom stereocenters. The molecule has 0 fully saturated rings. The lowest BCUT2D eigenvalue weighted by Crippen LogP contribution is -2.07. The minimum atomic E-state index is -0.0365. The molecule has 0 saturated heterocycles. The van der Waals surface area contributed by atoms with E-state index in [1.54, 1.807) is 6.20 Å². The number of aromatic nitrogens is 2. The number of nitrogens with zero attached hydrogens (tertiary/aromatic N) is 2. The van der Waals surface area contributed by atoms with E-state index in [4.69, 9.17) is 10.5 Å². The molecule has 0 bridgehead atoms. The Labute approximate surface area is 78.1 Å². The van der Waals surface area contributed by atoms with E-state index in [0.29, 0.717) is 18.2 Å². The van der Waals surface area contributed by atoms with Gasteiger partial charge in [-0.2, -0.15) is 0 Å². The van der Waals surface area contributed by atoms with Gasteiger partial charge in [-0.15, -0.1) is 0 Å². The number of rotatable bonds is 3. The Balaban J connectivity index is 2.88. The second-order valence-electron chi connectivity index (χ2n) is 2.86. The van der Waals surface area contributed by atoms with Crippen LogP contribution < -0.4 is 5.73 Å². The molecular weight excluding hydrogens is 166 g/mol. The first kappa shape index (κ1) is 9.92. The normalized spacial score (nSPS) is 12.8. The first-order valence-electron chi connectivity index (χ1n) is 4.35. The van der Waals surface area contributed by atoms with Crippen molar-refractivity contribution in [2.24, 2.45) is 0 Å². The predicted molar refractivity (Wildman–Crippen MR) is 51.2 cm³/mol. The molecule has 1 heterocycles. The number of nitrogen functional groups attached to an aromatic ring is 1. The van der Waals surface area contributed by atoms with E-state index >= 15 is 0 Å². The molecule has 0 saturated carbocycles. The summed E-state index contributed by atoms with van der Waals surface area (Å²) in [5.41, 5.74) is 6.58. The summed E-state index contributed by atoms with van der Waals surface area (Å²) >= 11 is 0. The van der Waals surface area contributed by atoms with E-state index in [1.165, 1.54) is 0 Å². The summed E-state index contributed by atoms with van der Waals surface area (Å²) < 4.78 is 5.39. The largest absolute Gasteiger partial charge is 0.383 e. The average Bonchev–Trinajstić information content (AvgIpc) is 2.04. The minimum absolute atomic E-state index is 0.0365. The van der Waals surface area contributed by atoms with Crippen molar-refractivity contribution in [3.8, 4) is 0 Å². The van der Waals surface area contributed by atoms with Gasteiger partial charge in [0.1, 0.15) is 11.6 Å². The molecule has 2 N–H and O–H groups in total. The molecule has 1 unspecified atom stereocenters. The fraction of sp³-hybridized carbons (Fsp3) is 0.556. The van der Waals surface area contributed by atoms with E-state index in [1.807, 2.05) is 20.8 Å². The highest BCUT2D eigenvalue weighted by atomic mass is 16.5. The van der Waals surface area contributed by atoms with Gasteiger partial charge in [-0.25, -0.2) is 9.97 Å². The van der Waals surface area contributed by atoms with Crippen molar-refractivity contribution >= 4 is 5.82 Å². The van der Waals surface area contributed by atoms with Crippen molar-refractivity contribution in [1.82, 2.24) is 9.97 Å². The summed E-state index contributed by atoms with van der Waals surface area (Å²) in [5.74, 6) is 1.19. The molecule has 1 aromatic rings. The molecule has 0 aliphatic heterocycles. The summed E-state index contributed by atoms with van der Waals surface area (Å²) in [7, 11) is 0. The van der Waals surface area contributed by atoms with Gasteiger partial charge in [0.15, 0.2) is 0 Å². The Kier molecular flexibility index (Phi) is 3.19. The molecule has 0 spiro atoms. The zero-order chi connectivity index (χ0) is 9.84. The van der Waals surface area contributed by atoms with Gasteiger partial charge < -0.3 is 10.5 Å². The Hall–Kier alpha value is -1.16. The van der Waals surface area contributed by atoms with Crippen molar-refractivity contribution < 1.29 is 4.74 Å². The van der Waals surface area contributed by atoms with Crippen molar-refractivity contribution in [2.45, 2.75) is 26.9 Å². The van der Waals surface area contributed by atoms with Crippen LogP contribution in [-0.2, 0) is 4.74 Å². The first-order chi connectivity index (χ1) is 6.15. The zero-order valence-corrected chi connectivity index (χ0v) is 8.24. The quantitative estimate of drug-likeness (QED) is 0.767. The van der Waals surface area contributed by atoms with Gasteiger partial charge in [-0.3, -0.25) is 0 Å². The van der Waals surface area contributed by atoms with Gasteiger partial charge in [-0.05, 0) is 20.8 Å². The van der Waals surface area contributed by atoms with Crippen molar-refractivity contribution in [2.75, 3.05) is 12.3 Å². The van der Waals surface area contributed by atoms with Crippen molar-refractivity contribution in [3.05, 3.63) is 17.6 Å². The lowest BCUT2D eigenvalue weighted by atomic mass is 10.2. The fourth-order valence-electron chi connectivity index (χ4n) is 1.15. The lowest BCUT2D eigenvalue weighted by molar-refractivity contribution is 0.0764. The Morgan fingerprint density at radius 3 is 2.85 bits per heavy atom. The van der Waals surface area contributed by atoms with Crippen molar-refractivity contribution in [3.63, 3.8) is 0 Å². The van der Waals surface area contributed by atoms with E-state index in [2.05, 4.69) is 9.97 Å². The van der Waals surface area contributed by atoms with Gasteiger partial charge in [0.05, 0.1) is 6.10 Å². The second kappa shape index (κ2) is 4.18. The smallest absolute Gasteiger partial charge is 0.132 e. The average molecular weight is 181 g/mol. The van der Waals surface area contributed by atoms with Crippen molar-refractivity contribution in [1.29, 1.82) is 0 Å². The third kappa shape index (κ3) is 2.39. The number of anilines is 1. The molecule has 13 heavy (non-hydrogen) atoms. The van der Waals surface area contributed by atoms with Gasteiger partial charge in [-0.1, -0.05) is 0 Å². The molecule has 4 heteroatoms. The van der Waals surface area contributed by atoms with E-state index in [0.717, 1.165) is 5.56 Å². The van der Waals surface area contributed by atoms with Crippen LogP contribution in [0.4, 0.5) is 5.82 Å². The molecule has 4 nitrogen and oxygen atoms in total. The standard InChI is InChI=1S/C9H15N3O/c1-4-13-6(2)8-5-11-7(3)12-9(8)10/h5-6H,4H2,1-3H3,(H2,10,11,12). The van der Waals surface area contributed by atoms with Crippen LogP contribution >= 0.6 is 0 Å². The Bertz CT molecular complexity index is 288.